The van der Waals surface area contributed by atoms with Gasteiger partial charge in [-0.25, -0.2) is 0 Å². The van der Waals surface area contributed by atoms with Crippen LogP contribution in [0.2, 0.25) is 0 Å². The fourth-order valence-electron chi connectivity index (χ4n) is 1.82. The van der Waals surface area contributed by atoms with Gasteiger partial charge in [0.15, 0.2) is 10.6 Å². The number of rotatable bonds is 5. The third kappa shape index (κ3) is 3.51. The van der Waals surface area contributed by atoms with E-state index in [0.717, 1.165) is 5.69 Å². The van der Waals surface area contributed by atoms with Crippen molar-refractivity contribution >= 4 is 18.1 Å². The molecule has 0 atom stereocenters. The summed E-state index contributed by atoms with van der Waals surface area (Å²) in [6.45, 7) is 4.33. The lowest BCUT2D eigenvalue weighted by Crippen LogP contribution is -2.30. The Morgan fingerprint density at radius 2 is 2.30 bits per heavy atom. The first-order valence-electron chi connectivity index (χ1n) is 6.44. The van der Waals surface area contributed by atoms with E-state index >= 15 is 0 Å². The molecule has 0 saturated carbocycles. The Morgan fingerprint density at radius 3 is 2.95 bits per heavy atom. The van der Waals surface area contributed by atoms with Crippen LogP contribution < -0.4 is 5.32 Å². The van der Waals surface area contributed by atoms with Crippen LogP contribution in [0.15, 0.2) is 24.4 Å². The number of aromatic nitrogens is 4. The first-order chi connectivity index (χ1) is 9.58. The van der Waals surface area contributed by atoms with Gasteiger partial charge in [-0.1, -0.05) is 6.07 Å². The van der Waals surface area contributed by atoms with Gasteiger partial charge in [-0.05, 0) is 38.2 Å². The van der Waals surface area contributed by atoms with Crippen molar-refractivity contribution in [2.45, 2.75) is 32.9 Å². The summed E-state index contributed by atoms with van der Waals surface area (Å²) < 4.78 is 2.28. The average Bonchev–Trinajstić information content (AvgIpc) is 2.78. The van der Waals surface area contributed by atoms with E-state index in [0.29, 0.717) is 23.6 Å². The number of nitrogens with one attached hydrogen (secondary N) is 2. The maximum Gasteiger partial charge on any atom is 0.221 e. The molecule has 2 aromatic rings. The van der Waals surface area contributed by atoms with E-state index in [1.54, 1.807) is 10.8 Å². The fraction of sp³-hybridized carbons (Fsp3) is 0.385. The zero-order valence-corrected chi connectivity index (χ0v) is 12.3. The minimum Gasteiger partial charge on any atom is -0.354 e. The van der Waals surface area contributed by atoms with Gasteiger partial charge < -0.3 is 5.32 Å². The summed E-state index contributed by atoms with van der Waals surface area (Å²) in [5, 5.41) is 9.77. The molecule has 20 heavy (non-hydrogen) atoms. The van der Waals surface area contributed by atoms with E-state index in [4.69, 9.17) is 12.2 Å². The van der Waals surface area contributed by atoms with Gasteiger partial charge in [0.1, 0.15) is 5.69 Å². The highest BCUT2D eigenvalue weighted by Crippen LogP contribution is 2.14. The minimum absolute atomic E-state index is 0.00456. The topological polar surface area (TPSA) is 75.6 Å². The van der Waals surface area contributed by atoms with Crippen LogP contribution >= 0.6 is 12.2 Å². The van der Waals surface area contributed by atoms with Crippen LogP contribution in [0.5, 0.6) is 0 Å². The van der Waals surface area contributed by atoms with Crippen LogP contribution in [0.4, 0.5) is 0 Å². The number of carbonyl (C=O) groups excluding carboxylic acids is 1. The molecular weight excluding hydrogens is 274 g/mol. The maximum atomic E-state index is 11.7. The summed E-state index contributed by atoms with van der Waals surface area (Å²) in [6.07, 6.45) is 2.05. The summed E-state index contributed by atoms with van der Waals surface area (Å²) in [4.78, 5) is 16.0. The quantitative estimate of drug-likeness (QED) is 0.825. The van der Waals surface area contributed by atoms with Crippen molar-refractivity contribution in [3.05, 3.63) is 29.2 Å². The molecule has 7 heteroatoms. The lowest BCUT2D eigenvalue weighted by molar-refractivity contribution is -0.121. The molecule has 0 unspecified atom stereocenters. The van der Waals surface area contributed by atoms with E-state index < -0.39 is 0 Å². The predicted molar refractivity (Wildman–Crippen MR) is 78.5 cm³/mol. The number of aromatic amines is 1. The second-order valence-corrected chi connectivity index (χ2v) is 5.08. The average molecular weight is 291 g/mol. The summed E-state index contributed by atoms with van der Waals surface area (Å²) in [5.41, 5.74) is 0.726. The van der Waals surface area contributed by atoms with Crippen molar-refractivity contribution in [2.24, 2.45) is 0 Å². The molecule has 0 aliphatic rings. The van der Waals surface area contributed by atoms with E-state index in [1.807, 2.05) is 32.0 Å². The Bertz CT molecular complexity index is 632. The van der Waals surface area contributed by atoms with E-state index in [9.17, 15) is 4.79 Å². The van der Waals surface area contributed by atoms with Gasteiger partial charge in [-0.2, -0.15) is 5.10 Å². The second-order valence-electron chi connectivity index (χ2n) is 4.69. The zero-order valence-electron chi connectivity index (χ0n) is 11.5. The molecular formula is C13H17N5OS. The van der Waals surface area contributed by atoms with Crippen molar-refractivity contribution in [1.29, 1.82) is 0 Å². The normalized spacial score (nSPS) is 10.8. The number of hydrogen-bond donors (Lipinski definition) is 2. The number of H-pyrrole nitrogens is 1. The smallest absolute Gasteiger partial charge is 0.221 e. The highest BCUT2D eigenvalue weighted by atomic mass is 32.1. The first-order valence-corrected chi connectivity index (χ1v) is 6.84. The molecule has 6 nitrogen and oxygen atoms in total. The molecule has 0 aromatic carbocycles. The summed E-state index contributed by atoms with van der Waals surface area (Å²) in [6, 6.07) is 5.71. The molecule has 2 rings (SSSR count). The van der Waals surface area contributed by atoms with E-state index in [-0.39, 0.29) is 11.9 Å². The number of amides is 1. The van der Waals surface area contributed by atoms with Gasteiger partial charge in [0.2, 0.25) is 5.91 Å². The first kappa shape index (κ1) is 14.4. The largest absolute Gasteiger partial charge is 0.354 e. The Labute approximate surface area is 122 Å². The lowest BCUT2D eigenvalue weighted by atomic mass is 10.3. The van der Waals surface area contributed by atoms with Gasteiger partial charge in [-0.3, -0.25) is 19.4 Å². The molecule has 0 aliphatic carbocycles. The van der Waals surface area contributed by atoms with Crippen molar-refractivity contribution < 1.29 is 4.79 Å². The molecule has 0 saturated heterocycles. The standard InChI is InChI=1S/C13H17N5OS/c1-9(2)15-11(19)6-8-18-12(16-17-13(18)20)10-5-3-4-7-14-10/h3-5,7,9H,6,8H2,1-2H3,(H,15,19)(H,17,20). The molecule has 2 N–H and O–H groups in total. The summed E-state index contributed by atoms with van der Waals surface area (Å²) in [7, 11) is 0. The van der Waals surface area contributed by atoms with E-state index in [1.165, 1.54) is 0 Å². The molecule has 0 bridgehead atoms. The molecule has 2 heterocycles. The number of pyridine rings is 1. The number of nitrogens with zero attached hydrogens (tertiary/aromatic N) is 3. The van der Waals surface area contributed by atoms with Crippen LogP contribution in [-0.4, -0.2) is 31.7 Å². The second kappa shape index (κ2) is 6.42. The van der Waals surface area contributed by atoms with Gasteiger partial charge in [0.05, 0.1) is 0 Å². The van der Waals surface area contributed by atoms with Gasteiger partial charge in [0, 0.05) is 25.2 Å². The maximum absolute atomic E-state index is 11.7. The zero-order chi connectivity index (χ0) is 14.5. The fourth-order valence-corrected chi connectivity index (χ4v) is 2.05. The van der Waals surface area contributed by atoms with Crippen LogP contribution in [0.25, 0.3) is 11.5 Å². The molecule has 0 spiro atoms. The third-order valence-electron chi connectivity index (χ3n) is 2.66. The molecule has 0 aliphatic heterocycles. The van der Waals surface area contributed by atoms with Crippen LogP contribution in [0, 0.1) is 4.77 Å². The van der Waals surface area contributed by atoms with Gasteiger partial charge in [-0.15, -0.1) is 0 Å². The lowest BCUT2D eigenvalue weighted by Gasteiger charge is -2.09. The Kier molecular flexibility index (Phi) is 4.62. The third-order valence-corrected chi connectivity index (χ3v) is 2.98. The van der Waals surface area contributed by atoms with Crippen molar-refractivity contribution in [3.63, 3.8) is 0 Å². The molecule has 106 valence electrons. The summed E-state index contributed by atoms with van der Waals surface area (Å²) in [5.74, 6) is 0.642. The SMILES string of the molecule is CC(C)NC(=O)CCn1c(-c2ccccn2)n[nH]c1=S. The minimum atomic E-state index is -0.00456. The van der Waals surface area contributed by atoms with E-state index in [2.05, 4.69) is 20.5 Å². The van der Waals surface area contributed by atoms with Gasteiger partial charge in [0.25, 0.3) is 0 Å². The molecule has 0 radical (unpaired) electrons. The Morgan fingerprint density at radius 1 is 1.50 bits per heavy atom. The van der Waals surface area contributed by atoms with Crippen LogP contribution in [0.1, 0.15) is 20.3 Å². The Hall–Kier alpha value is -2.02. The highest BCUT2D eigenvalue weighted by Gasteiger charge is 2.11. The highest BCUT2D eigenvalue weighted by molar-refractivity contribution is 7.71. The summed E-state index contributed by atoms with van der Waals surface area (Å²) >= 11 is 5.20. The predicted octanol–water partition coefficient (Wildman–Crippen LogP) is 1.92. The number of hydrogen-bond acceptors (Lipinski definition) is 4. The molecule has 1 amide bonds. The molecule has 2 aromatic heterocycles. The van der Waals surface area contributed by atoms with Gasteiger partial charge >= 0.3 is 0 Å². The van der Waals surface area contributed by atoms with Crippen molar-refractivity contribution in [2.75, 3.05) is 0 Å². The van der Waals surface area contributed by atoms with Crippen LogP contribution in [0.3, 0.4) is 0 Å². The molecule has 0 fully saturated rings. The Balaban J connectivity index is 2.15. The van der Waals surface area contributed by atoms with Crippen LogP contribution in [-0.2, 0) is 11.3 Å². The van der Waals surface area contributed by atoms with Crippen molar-refractivity contribution in [3.8, 4) is 11.5 Å². The van der Waals surface area contributed by atoms with Crippen molar-refractivity contribution in [1.82, 2.24) is 25.1 Å². The monoisotopic (exact) mass is 291 g/mol. The number of carbonyl (C=O) groups is 1.